The summed E-state index contributed by atoms with van der Waals surface area (Å²) < 4.78 is 1.10. The molecule has 2 N–H and O–H groups in total. The molecule has 0 unspecified atom stereocenters. The largest absolute Gasteiger partial charge is 0.311 e. The predicted molar refractivity (Wildman–Crippen MR) is 94.3 cm³/mol. The topological polar surface area (TPSA) is 24.1 Å². The van der Waals surface area contributed by atoms with E-state index in [4.69, 9.17) is 0 Å². The van der Waals surface area contributed by atoms with Gasteiger partial charge in [0.2, 0.25) is 0 Å². The first-order valence-corrected chi connectivity index (χ1v) is 8.46. The van der Waals surface area contributed by atoms with Crippen molar-refractivity contribution in [1.29, 1.82) is 0 Å². The zero-order chi connectivity index (χ0) is 14.2. The Labute approximate surface area is 135 Å². The van der Waals surface area contributed by atoms with Crippen LogP contribution in [0.4, 0.5) is 0 Å². The fourth-order valence-electron chi connectivity index (χ4n) is 2.48. The van der Waals surface area contributed by atoms with E-state index in [2.05, 4.69) is 93.9 Å². The summed E-state index contributed by atoms with van der Waals surface area (Å²) in [4.78, 5) is 0. The lowest BCUT2D eigenvalue weighted by Gasteiger charge is -2.28. The molecule has 0 aliphatic heterocycles. The minimum Gasteiger partial charge on any atom is -0.311 e. The molecule has 2 nitrogen and oxygen atoms in total. The van der Waals surface area contributed by atoms with Gasteiger partial charge in [-0.3, -0.25) is 0 Å². The lowest BCUT2D eigenvalue weighted by atomic mass is 9.93. The summed E-state index contributed by atoms with van der Waals surface area (Å²) in [6.45, 7) is 1.01. The maximum absolute atomic E-state index is 3.67. The number of benzene rings is 2. The maximum atomic E-state index is 3.67. The fraction of sp³-hybridized carbons (Fsp3) is 0.294. The second-order valence-corrected chi connectivity index (χ2v) is 5.79. The SMILES string of the molecule is CN[C@@H](c1ccccc1)[C@@H](NCCI)c1ccccc1. The van der Waals surface area contributed by atoms with Crippen molar-refractivity contribution in [3.05, 3.63) is 71.8 Å². The summed E-state index contributed by atoms with van der Waals surface area (Å²) >= 11 is 2.41. The van der Waals surface area contributed by atoms with Gasteiger partial charge in [-0.05, 0) is 18.2 Å². The summed E-state index contributed by atoms with van der Waals surface area (Å²) in [5, 5.41) is 7.13. The smallest absolute Gasteiger partial charge is 0.0518 e. The Balaban J connectivity index is 2.29. The first-order valence-electron chi connectivity index (χ1n) is 6.93. The number of rotatable bonds is 7. The van der Waals surface area contributed by atoms with E-state index in [9.17, 15) is 0 Å². The van der Waals surface area contributed by atoms with Gasteiger partial charge in [-0.15, -0.1) is 0 Å². The van der Waals surface area contributed by atoms with Crippen LogP contribution < -0.4 is 10.6 Å². The number of hydrogen-bond donors (Lipinski definition) is 2. The van der Waals surface area contributed by atoms with E-state index in [0.29, 0.717) is 0 Å². The van der Waals surface area contributed by atoms with E-state index in [1.54, 1.807) is 0 Å². The van der Waals surface area contributed by atoms with Crippen LogP contribution in [0.3, 0.4) is 0 Å². The van der Waals surface area contributed by atoms with Crippen LogP contribution in [0.2, 0.25) is 0 Å². The lowest BCUT2D eigenvalue weighted by molar-refractivity contribution is 0.416. The van der Waals surface area contributed by atoms with Gasteiger partial charge in [0.05, 0.1) is 12.1 Å². The van der Waals surface area contributed by atoms with Crippen molar-refractivity contribution in [2.24, 2.45) is 0 Å². The highest BCUT2D eigenvalue weighted by molar-refractivity contribution is 14.1. The van der Waals surface area contributed by atoms with Gasteiger partial charge in [0.15, 0.2) is 0 Å². The number of nitrogens with one attached hydrogen (secondary N) is 2. The molecule has 106 valence electrons. The normalized spacial score (nSPS) is 13.9. The minimum atomic E-state index is 0.265. The summed E-state index contributed by atoms with van der Waals surface area (Å²) in [6.07, 6.45) is 0. The molecule has 0 spiro atoms. The van der Waals surface area contributed by atoms with Gasteiger partial charge in [0.25, 0.3) is 0 Å². The van der Waals surface area contributed by atoms with Crippen LogP contribution in [-0.4, -0.2) is 18.0 Å². The van der Waals surface area contributed by atoms with Crippen LogP contribution in [0.5, 0.6) is 0 Å². The van der Waals surface area contributed by atoms with E-state index in [1.807, 2.05) is 7.05 Å². The molecule has 0 aliphatic carbocycles. The number of alkyl halides is 1. The van der Waals surface area contributed by atoms with Gasteiger partial charge >= 0.3 is 0 Å². The zero-order valence-electron chi connectivity index (χ0n) is 11.7. The van der Waals surface area contributed by atoms with E-state index in [0.717, 1.165) is 11.0 Å². The highest BCUT2D eigenvalue weighted by atomic mass is 127. The van der Waals surface area contributed by atoms with E-state index >= 15 is 0 Å². The molecule has 0 aliphatic rings. The first-order chi connectivity index (χ1) is 9.86. The molecule has 0 fully saturated rings. The minimum absolute atomic E-state index is 0.265. The first kappa shape index (κ1) is 15.5. The average molecular weight is 380 g/mol. The van der Waals surface area contributed by atoms with Crippen LogP contribution >= 0.6 is 22.6 Å². The molecule has 2 rings (SSSR count). The van der Waals surface area contributed by atoms with Crippen molar-refractivity contribution >= 4 is 22.6 Å². The highest BCUT2D eigenvalue weighted by Crippen LogP contribution is 2.28. The van der Waals surface area contributed by atoms with E-state index in [1.165, 1.54) is 11.1 Å². The maximum Gasteiger partial charge on any atom is 0.0518 e. The molecule has 2 aromatic rings. The number of likely N-dealkylation sites (N-methyl/N-ethyl adjacent to an activating group) is 1. The van der Waals surface area contributed by atoms with E-state index in [-0.39, 0.29) is 12.1 Å². The zero-order valence-corrected chi connectivity index (χ0v) is 13.9. The van der Waals surface area contributed by atoms with Gasteiger partial charge in [0, 0.05) is 11.0 Å². The molecular formula is C17H21IN2. The molecule has 2 aromatic carbocycles. The molecule has 20 heavy (non-hydrogen) atoms. The van der Waals surface area contributed by atoms with Gasteiger partial charge in [0.1, 0.15) is 0 Å². The van der Waals surface area contributed by atoms with Gasteiger partial charge in [-0.25, -0.2) is 0 Å². The Hall–Kier alpha value is -0.910. The average Bonchev–Trinajstić information content (AvgIpc) is 2.53. The molecule has 0 radical (unpaired) electrons. The molecule has 0 aromatic heterocycles. The van der Waals surface area contributed by atoms with Crippen LogP contribution in [0.15, 0.2) is 60.7 Å². The van der Waals surface area contributed by atoms with Crippen molar-refractivity contribution in [3.8, 4) is 0 Å². The van der Waals surface area contributed by atoms with Crippen LogP contribution in [0.25, 0.3) is 0 Å². The quantitative estimate of drug-likeness (QED) is 0.565. The molecule has 0 saturated carbocycles. The molecule has 0 bridgehead atoms. The third kappa shape index (κ3) is 4.04. The van der Waals surface area contributed by atoms with Crippen molar-refractivity contribution in [3.63, 3.8) is 0 Å². The summed E-state index contributed by atoms with van der Waals surface area (Å²) in [7, 11) is 2.03. The molecular weight excluding hydrogens is 359 g/mol. The van der Waals surface area contributed by atoms with Crippen LogP contribution in [0, 0.1) is 0 Å². The third-order valence-corrected chi connectivity index (χ3v) is 3.96. The molecule has 0 amide bonds. The number of hydrogen-bond acceptors (Lipinski definition) is 2. The van der Waals surface area contributed by atoms with E-state index < -0.39 is 0 Å². The van der Waals surface area contributed by atoms with Crippen molar-refractivity contribution in [2.45, 2.75) is 12.1 Å². The second kappa shape index (κ2) is 8.39. The van der Waals surface area contributed by atoms with Gasteiger partial charge in [-0.2, -0.15) is 0 Å². The predicted octanol–water partition coefficient (Wildman–Crippen LogP) is 3.71. The standard InChI is InChI=1S/C17H21IN2/c1-19-16(14-8-4-2-5-9-14)17(20-13-12-18)15-10-6-3-7-11-15/h2-11,16-17,19-20H,12-13H2,1H3/t16-,17-/m0/s1. The molecule has 0 saturated heterocycles. The Morgan fingerprint density at radius 3 is 1.80 bits per heavy atom. The number of halogens is 1. The second-order valence-electron chi connectivity index (χ2n) is 4.71. The summed E-state index contributed by atoms with van der Waals surface area (Å²) in [5.41, 5.74) is 2.63. The molecule has 3 heteroatoms. The summed E-state index contributed by atoms with van der Waals surface area (Å²) in [5.74, 6) is 0. The molecule has 0 heterocycles. The lowest BCUT2D eigenvalue weighted by Crippen LogP contribution is -2.34. The van der Waals surface area contributed by atoms with Crippen molar-refractivity contribution in [1.82, 2.24) is 10.6 Å². The monoisotopic (exact) mass is 380 g/mol. The Bertz CT molecular complexity index is 487. The van der Waals surface area contributed by atoms with Crippen molar-refractivity contribution < 1.29 is 0 Å². The van der Waals surface area contributed by atoms with Crippen LogP contribution in [0.1, 0.15) is 23.2 Å². The third-order valence-electron chi connectivity index (χ3n) is 3.42. The van der Waals surface area contributed by atoms with Gasteiger partial charge in [-0.1, -0.05) is 83.3 Å². The molecule has 2 atom stereocenters. The van der Waals surface area contributed by atoms with Crippen LogP contribution in [-0.2, 0) is 0 Å². The van der Waals surface area contributed by atoms with Gasteiger partial charge < -0.3 is 10.6 Å². The fourth-order valence-corrected chi connectivity index (χ4v) is 2.80. The highest BCUT2D eigenvalue weighted by Gasteiger charge is 2.22. The Kier molecular flexibility index (Phi) is 6.50. The Morgan fingerprint density at radius 1 is 0.850 bits per heavy atom. The Morgan fingerprint density at radius 2 is 1.35 bits per heavy atom. The summed E-state index contributed by atoms with van der Waals surface area (Å²) in [6, 6.07) is 21.8. The van der Waals surface area contributed by atoms with Crippen molar-refractivity contribution in [2.75, 3.05) is 18.0 Å².